The van der Waals surface area contributed by atoms with Crippen LogP contribution < -0.4 is 11.1 Å². The summed E-state index contributed by atoms with van der Waals surface area (Å²) in [6, 6.07) is 17.0. The molecule has 1 aliphatic heterocycles. The van der Waals surface area contributed by atoms with Crippen LogP contribution in [0.25, 0.3) is 17.2 Å². The molecule has 0 radical (unpaired) electrons. The molecule has 0 unspecified atom stereocenters. The Kier molecular flexibility index (Phi) is 7.61. The molecule has 0 bridgehead atoms. The van der Waals surface area contributed by atoms with Gasteiger partial charge in [-0.1, -0.05) is 54.6 Å². The predicted octanol–water partition coefficient (Wildman–Crippen LogP) is 6.98. The number of benzene rings is 3. The summed E-state index contributed by atoms with van der Waals surface area (Å²) in [4.78, 5) is 12.9. The number of anilines is 1. The van der Waals surface area contributed by atoms with Gasteiger partial charge in [-0.2, -0.15) is 13.2 Å². The van der Waals surface area contributed by atoms with Crippen LogP contribution in [0.15, 0.2) is 66.1 Å². The summed E-state index contributed by atoms with van der Waals surface area (Å²) in [5.41, 5.74) is 5.91. The van der Waals surface area contributed by atoms with Gasteiger partial charge in [0.1, 0.15) is 12.4 Å². The zero-order valence-corrected chi connectivity index (χ0v) is 23.6. The Morgan fingerprint density at radius 1 is 1.00 bits per heavy atom. The molecular formula is C31H31BF4N2O4. The second-order valence-corrected chi connectivity index (χ2v) is 11.4. The number of fused-ring (bicyclic) bond motifs is 3. The van der Waals surface area contributed by atoms with Crippen LogP contribution in [-0.2, 0) is 20.2 Å². The van der Waals surface area contributed by atoms with E-state index in [4.69, 9.17) is 19.8 Å². The Balaban J connectivity index is 1.38. The molecule has 0 aromatic heterocycles. The van der Waals surface area contributed by atoms with Crippen molar-refractivity contribution in [3.05, 3.63) is 94.2 Å². The van der Waals surface area contributed by atoms with Gasteiger partial charge in [0.05, 0.1) is 22.5 Å². The van der Waals surface area contributed by atoms with Gasteiger partial charge in [0.25, 0.3) is 0 Å². The van der Waals surface area contributed by atoms with Gasteiger partial charge >= 0.3 is 19.4 Å². The first kappa shape index (κ1) is 29.7. The maximum atomic E-state index is 14.3. The van der Waals surface area contributed by atoms with E-state index >= 15 is 0 Å². The Labute approximate surface area is 242 Å². The summed E-state index contributed by atoms with van der Waals surface area (Å²) in [7, 11) is -1.12. The van der Waals surface area contributed by atoms with Gasteiger partial charge in [0.15, 0.2) is 0 Å². The number of nitrogens with one attached hydrogen (secondary N) is 1. The minimum Gasteiger partial charge on any atom is -0.449 e. The monoisotopic (exact) mass is 582 g/mol. The maximum Gasteiger partial charge on any atom is 0.492 e. The van der Waals surface area contributed by atoms with Crippen LogP contribution in [0.1, 0.15) is 55.9 Å². The fourth-order valence-corrected chi connectivity index (χ4v) is 5.19. The predicted molar refractivity (Wildman–Crippen MR) is 153 cm³/mol. The highest BCUT2D eigenvalue weighted by Gasteiger charge is 2.52. The van der Waals surface area contributed by atoms with Gasteiger partial charge < -0.3 is 25.1 Å². The van der Waals surface area contributed by atoms with Gasteiger partial charge in [-0.3, -0.25) is 0 Å². The molecule has 2 aliphatic rings. The van der Waals surface area contributed by atoms with Crippen LogP contribution >= 0.6 is 0 Å². The number of nitrogen functional groups attached to an aromatic ring is 1. The maximum absolute atomic E-state index is 14.3. The van der Waals surface area contributed by atoms with Crippen LogP contribution in [0.5, 0.6) is 0 Å². The first-order valence-electron chi connectivity index (χ1n) is 13.5. The molecule has 0 spiro atoms. The summed E-state index contributed by atoms with van der Waals surface area (Å²) < 4.78 is 73.5. The Morgan fingerprint density at radius 3 is 2.10 bits per heavy atom. The number of alkyl carbamates (subject to hydrolysis) is 1. The van der Waals surface area contributed by atoms with E-state index in [0.29, 0.717) is 12.1 Å². The number of hydrogen-bond donors (Lipinski definition) is 2. The molecule has 3 N–H and O–H groups in total. The third-order valence-corrected chi connectivity index (χ3v) is 8.15. The topological polar surface area (TPSA) is 82.8 Å². The van der Waals surface area contributed by atoms with Crippen molar-refractivity contribution in [3.8, 4) is 11.1 Å². The van der Waals surface area contributed by atoms with Crippen molar-refractivity contribution in [2.75, 3.05) is 18.9 Å². The number of alkyl halides is 3. The molecule has 1 heterocycles. The molecule has 11 heteroatoms. The highest BCUT2D eigenvalue weighted by molar-refractivity contribution is 6.56. The second kappa shape index (κ2) is 10.8. The van der Waals surface area contributed by atoms with Gasteiger partial charge in [0.2, 0.25) is 0 Å². The molecule has 5 rings (SSSR count). The largest absolute Gasteiger partial charge is 0.492 e. The summed E-state index contributed by atoms with van der Waals surface area (Å²) >= 11 is 0. The summed E-state index contributed by atoms with van der Waals surface area (Å²) in [6.45, 7) is 6.91. The molecule has 6 nitrogen and oxygen atoms in total. The number of carbonyl (C=O) groups excluding carboxylic acids is 1. The molecular weight excluding hydrogens is 551 g/mol. The number of carbonyl (C=O) groups is 1. The zero-order valence-electron chi connectivity index (χ0n) is 23.6. The molecule has 42 heavy (non-hydrogen) atoms. The van der Waals surface area contributed by atoms with Crippen molar-refractivity contribution < 1.29 is 36.4 Å². The van der Waals surface area contributed by atoms with Crippen LogP contribution in [0.3, 0.4) is 0 Å². The zero-order chi connectivity index (χ0) is 30.4. The van der Waals surface area contributed by atoms with E-state index in [1.165, 1.54) is 0 Å². The van der Waals surface area contributed by atoms with Crippen LogP contribution in [-0.4, -0.2) is 37.6 Å². The van der Waals surface area contributed by atoms with E-state index in [1.54, 1.807) is 27.7 Å². The quantitative estimate of drug-likeness (QED) is 0.186. The lowest BCUT2D eigenvalue weighted by molar-refractivity contribution is -0.137. The lowest BCUT2D eigenvalue weighted by Gasteiger charge is -2.32. The van der Waals surface area contributed by atoms with Gasteiger partial charge in [0, 0.05) is 12.5 Å². The van der Waals surface area contributed by atoms with E-state index < -0.39 is 53.2 Å². The van der Waals surface area contributed by atoms with E-state index in [-0.39, 0.29) is 24.5 Å². The first-order valence-corrected chi connectivity index (χ1v) is 13.5. The number of amides is 1. The minimum absolute atomic E-state index is 0.0524. The molecule has 1 fully saturated rings. The lowest BCUT2D eigenvalue weighted by Crippen LogP contribution is -2.41. The van der Waals surface area contributed by atoms with Crippen molar-refractivity contribution in [2.24, 2.45) is 0 Å². The molecule has 1 amide bonds. The van der Waals surface area contributed by atoms with Crippen molar-refractivity contribution in [1.82, 2.24) is 5.32 Å². The fourth-order valence-electron chi connectivity index (χ4n) is 5.19. The average Bonchev–Trinajstić information content (AvgIpc) is 3.35. The third-order valence-electron chi connectivity index (χ3n) is 8.15. The normalized spacial score (nSPS) is 17.6. The smallest absolute Gasteiger partial charge is 0.449 e. The van der Waals surface area contributed by atoms with Gasteiger partial charge in [-0.05, 0) is 73.1 Å². The number of rotatable bonds is 6. The molecule has 0 saturated carbocycles. The summed E-state index contributed by atoms with van der Waals surface area (Å²) in [5.74, 6) is -1.18. The first-order chi connectivity index (χ1) is 19.7. The van der Waals surface area contributed by atoms with Gasteiger partial charge in [-0.15, -0.1) is 0 Å². The molecule has 3 aromatic rings. The summed E-state index contributed by atoms with van der Waals surface area (Å²) in [5, 5.41) is 2.60. The van der Waals surface area contributed by atoms with Gasteiger partial charge in [-0.25, -0.2) is 9.18 Å². The van der Waals surface area contributed by atoms with E-state index in [0.717, 1.165) is 28.3 Å². The molecule has 1 aliphatic carbocycles. The minimum atomic E-state index is -4.81. The fraction of sp³-hybridized carbons (Fsp3) is 0.323. The van der Waals surface area contributed by atoms with E-state index in [1.807, 2.05) is 48.5 Å². The number of hydrogen-bond acceptors (Lipinski definition) is 5. The van der Waals surface area contributed by atoms with E-state index in [2.05, 4.69) is 5.32 Å². The van der Waals surface area contributed by atoms with Crippen LogP contribution in [0.4, 0.5) is 28.0 Å². The van der Waals surface area contributed by atoms with Crippen molar-refractivity contribution in [1.29, 1.82) is 0 Å². The van der Waals surface area contributed by atoms with Crippen molar-refractivity contribution in [2.45, 2.75) is 51.0 Å². The highest BCUT2D eigenvalue weighted by Crippen LogP contribution is 2.45. The summed E-state index contributed by atoms with van der Waals surface area (Å²) in [6.07, 6.45) is -4.48. The SMILES string of the molecule is CC1(C)OB(C(=Cc2cc(F)c(N)cc2C(F)(F)F)CNC(=O)OCC2c3ccccc3-c3ccccc32)OC1(C)C. The average molecular weight is 582 g/mol. The Morgan fingerprint density at radius 2 is 1.55 bits per heavy atom. The highest BCUT2D eigenvalue weighted by atomic mass is 19.4. The molecule has 220 valence electrons. The lowest BCUT2D eigenvalue weighted by atomic mass is 9.76. The number of ether oxygens (including phenoxy) is 1. The standard InChI is InChI=1S/C31H31BF4N2O4/c1-29(2)30(3,4)42-32(41-29)19(13-18-14-26(33)27(37)15-25(18)31(34,35)36)16-38-28(39)40-17-24-22-11-7-5-9-20(22)21-10-6-8-12-23(21)24/h5-15,24H,16-17,37H2,1-4H3,(H,38,39). The Hall–Kier alpha value is -3.83. The van der Waals surface area contributed by atoms with Crippen LogP contribution in [0.2, 0.25) is 0 Å². The third kappa shape index (κ3) is 5.63. The number of nitrogens with two attached hydrogens (primary N) is 1. The molecule has 0 atom stereocenters. The number of halogens is 4. The van der Waals surface area contributed by atoms with E-state index in [9.17, 15) is 22.4 Å². The molecule has 3 aromatic carbocycles. The molecule has 1 saturated heterocycles. The Bertz CT molecular complexity index is 1490. The second-order valence-electron chi connectivity index (χ2n) is 11.4. The van der Waals surface area contributed by atoms with Crippen molar-refractivity contribution in [3.63, 3.8) is 0 Å². The van der Waals surface area contributed by atoms with Crippen LogP contribution in [0, 0.1) is 5.82 Å². The van der Waals surface area contributed by atoms with Crippen molar-refractivity contribution >= 4 is 25.0 Å².